The van der Waals surface area contributed by atoms with Crippen LogP contribution >= 0.6 is 0 Å². The van der Waals surface area contributed by atoms with Crippen molar-refractivity contribution in [3.8, 4) is 0 Å². The van der Waals surface area contributed by atoms with Crippen molar-refractivity contribution in [3.05, 3.63) is 47.5 Å². The number of nitrogens with one attached hydrogen (secondary N) is 1. The fourth-order valence-corrected chi connectivity index (χ4v) is 2.65. The molecule has 0 radical (unpaired) electrons. The van der Waals surface area contributed by atoms with Gasteiger partial charge in [-0.05, 0) is 44.1 Å². The largest absolute Gasteiger partial charge is 0.456 e. The summed E-state index contributed by atoms with van der Waals surface area (Å²) in [4.78, 5) is 23.3. The van der Waals surface area contributed by atoms with Gasteiger partial charge in [0.15, 0.2) is 6.61 Å². The van der Waals surface area contributed by atoms with E-state index in [4.69, 9.17) is 4.74 Å². The number of carbonyl (C=O) groups is 2. The second kappa shape index (κ2) is 9.82. The first kappa shape index (κ1) is 17.3. The molecule has 4 nitrogen and oxygen atoms in total. The zero-order valence-corrected chi connectivity index (χ0v) is 13.6. The first-order chi connectivity index (χ1) is 11.2. The summed E-state index contributed by atoms with van der Waals surface area (Å²) in [5.41, 5.74) is 2.52. The van der Waals surface area contributed by atoms with E-state index in [1.165, 1.54) is 18.4 Å². The van der Waals surface area contributed by atoms with Crippen LogP contribution < -0.4 is 5.32 Å². The monoisotopic (exact) mass is 315 g/mol. The van der Waals surface area contributed by atoms with E-state index in [0.717, 1.165) is 24.8 Å². The van der Waals surface area contributed by atoms with Crippen molar-refractivity contribution in [2.24, 2.45) is 0 Å². The molecule has 1 aromatic rings. The Labute approximate surface area is 137 Å². The van der Waals surface area contributed by atoms with Gasteiger partial charge in [-0.25, -0.2) is 0 Å². The zero-order chi connectivity index (χ0) is 16.3. The molecule has 1 aromatic carbocycles. The second-order valence-corrected chi connectivity index (χ2v) is 5.85. The van der Waals surface area contributed by atoms with Gasteiger partial charge < -0.3 is 10.1 Å². The third kappa shape index (κ3) is 7.13. The molecular formula is C19H25NO3. The maximum Gasteiger partial charge on any atom is 0.306 e. The average molecular weight is 315 g/mol. The van der Waals surface area contributed by atoms with Gasteiger partial charge in [-0.1, -0.05) is 42.0 Å². The van der Waals surface area contributed by atoms with Crippen LogP contribution in [-0.4, -0.2) is 25.0 Å². The molecule has 0 heterocycles. The molecule has 0 saturated carbocycles. The Hall–Kier alpha value is -2.10. The number of amides is 1. The van der Waals surface area contributed by atoms with E-state index in [1.54, 1.807) is 0 Å². The van der Waals surface area contributed by atoms with Gasteiger partial charge in [-0.3, -0.25) is 9.59 Å². The highest BCUT2D eigenvalue weighted by molar-refractivity contribution is 5.80. The van der Waals surface area contributed by atoms with Crippen LogP contribution in [0.15, 0.2) is 42.0 Å². The Morgan fingerprint density at radius 3 is 2.65 bits per heavy atom. The van der Waals surface area contributed by atoms with Crippen molar-refractivity contribution in [2.75, 3.05) is 13.2 Å². The molecule has 0 spiro atoms. The number of hydrogen-bond donors (Lipinski definition) is 1. The van der Waals surface area contributed by atoms with Gasteiger partial charge in [0.25, 0.3) is 5.91 Å². The van der Waals surface area contributed by atoms with E-state index in [-0.39, 0.29) is 18.5 Å². The molecule has 0 fully saturated rings. The summed E-state index contributed by atoms with van der Waals surface area (Å²) in [6, 6.07) is 9.77. The van der Waals surface area contributed by atoms with Crippen molar-refractivity contribution < 1.29 is 14.3 Å². The van der Waals surface area contributed by atoms with Crippen molar-refractivity contribution in [1.29, 1.82) is 0 Å². The van der Waals surface area contributed by atoms with Crippen LogP contribution in [0, 0.1) is 0 Å². The van der Waals surface area contributed by atoms with Crippen molar-refractivity contribution in [1.82, 2.24) is 5.32 Å². The number of rotatable bonds is 8. The third-order valence-electron chi connectivity index (χ3n) is 3.98. The molecular weight excluding hydrogens is 290 g/mol. The molecule has 1 aliphatic carbocycles. The maximum atomic E-state index is 11.7. The summed E-state index contributed by atoms with van der Waals surface area (Å²) >= 11 is 0. The van der Waals surface area contributed by atoms with E-state index in [1.807, 2.05) is 30.3 Å². The van der Waals surface area contributed by atoms with E-state index >= 15 is 0 Å². The number of carbonyl (C=O) groups excluding carboxylic acids is 2. The minimum Gasteiger partial charge on any atom is -0.456 e. The Kier molecular flexibility index (Phi) is 7.37. The smallest absolute Gasteiger partial charge is 0.306 e. The van der Waals surface area contributed by atoms with E-state index in [2.05, 4.69) is 11.4 Å². The number of allylic oxidation sites excluding steroid dienone is 1. The van der Waals surface area contributed by atoms with E-state index < -0.39 is 0 Å². The van der Waals surface area contributed by atoms with Crippen LogP contribution in [0.2, 0.25) is 0 Å². The van der Waals surface area contributed by atoms with Crippen LogP contribution in [0.4, 0.5) is 0 Å². The van der Waals surface area contributed by atoms with E-state index in [9.17, 15) is 9.59 Å². The normalized spacial score (nSPS) is 14.0. The number of ether oxygens (including phenoxy) is 1. The van der Waals surface area contributed by atoms with Crippen LogP contribution in [0.5, 0.6) is 0 Å². The Morgan fingerprint density at radius 2 is 1.91 bits per heavy atom. The van der Waals surface area contributed by atoms with Crippen molar-refractivity contribution in [2.45, 2.75) is 44.9 Å². The lowest BCUT2D eigenvalue weighted by molar-refractivity contribution is -0.148. The summed E-state index contributed by atoms with van der Waals surface area (Å²) in [7, 11) is 0. The molecule has 0 unspecified atom stereocenters. The number of aryl methyl sites for hydroxylation is 1. The molecule has 0 atom stereocenters. The van der Waals surface area contributed by atoms with Crippen molar-refractivity contribution >= 4 is 11.9 Å². The molecule has 0 bridgehead atoms. The Morgan fingerprint density at radius 1 is 1.09 bits per heavy atom. The summed E-state index contributed by atoms with van der Waals surface area (Å²) in [5.74, 6) is -0.562. The first-order valence-corrected chi connectivity index (χ1v) is 8.38. The van der Waals surface area contributed by atoms with Crippen LogP contribution in [0.1, 0.15) is 44.1 Å². The highest BCUT2D eigenvalue weighted by Gasteiger charge is 2.08. The lowest BCUT2D eigenvalue weighted by atomic mass is 9.97. The summed E-state index contributed by atoms with van der Waals surface area (Å²) in [6.07, 6.45) is 8.92. The molecule has 1 aliphatic rings. The molecule has 0 saturated heterocycles. The standard InChI is InChI=1S/C19H25NO3/c21-18(20-14-13-17-9-5-2-6-10-17)15-23-19(22)12-11-16-7-3-1-4-8-16/h1,3-4,7-9H,2,5-6,10-15H2,(H,20,21). The van der Waals surface area contributed by atoms with Crippen LogP contribution in [-0.2, 0) is 20.7 Å². The topological polar surface area (TPSA) is 55.4 Å². The fourth-order valence-electron chi connectivity index (χ4n) is 2.65. The summed E-state index contributed by atoms with van der Waals surface area (Å²) in [5, 5.41) is 2.80. The third-order valence-corrected chi connectivity index (χ3v) is 3.98. The molecule has 0 aromatic heterocycles. The van der Waals surface area contributed by atoms with Crippen LogP contribution in [0.3, 0.4) is 0 Å². The molecule has 23 heavy (non-hydrogen) atoms. The maximum absolute atomic E-state index is 11.7. The minimum absolute atomic E-state index is 0.188. The SMILES string of the molecule is O=C(COC(=O)CCc1ccccc1)NCCC1=CCCCC1. The molecule has 0 aliphatic heterocycles. The Bertz CT molecular complexity index is 537. The fraction of sp³-hybridized carbons (Fsp3) is 0.474. The van der Waals surface area contributed by atoms with Gasteiger partial charge >= 0.3 is 5.97 Å². The van der Waals surface area contributed by atoms with E-state index in [0.29, 0.717) is 19.4 Å². The van der Waals surface area contributed by atoms with Gasteiger partial charge in [-0.2, -0.15) is 0 Å². The summed E-state index contributed by atoms with van der Waals surface area (Å²) in [6.45, 7) is 0.429. The predicted octanol–water partition coefficient (Wildman–Crippen LogP) is 3.17. The lowest BCUT2D eigenvalue weighted by Crippen LogP contribution is -2.29. The molecule has 124 valence electrons. The minimum atomic E-state index is -0.334. The van der Waals surface area contributed by atoms with Gasteiger partial charge in [0.1, 0.15) is 0 Å². The molecule has 2 rings (SSSR count). The van der Waals surface area contributed by atoms with Gasteiger partial charge in [0, 0.05) is 13.0 Å². The number of benzene rings is 1. The van der Waals surface area contributed by atoms with Crippen LogP contribution in [0.25, 0.3) is 0 Å². The van der Waals surface area contributed by atoms with Gasteiger partial charge in [-0.15, -0.1) is 0 Å². The lowest BCUT2D eigenvalue weighted by Gasteiger charge is -2.13. The predicted molar refractivity (Wildman–Crippen MR) is 89.9 cm³/mol. The molecule has 1 N–H and O–H groups in total. The second-order valence-electron chi connectivity index (χ2n) is 5.85. The first-order valence-electron chi connectivity index (χ1n) is 8.38. The Balaban J connectivity index is 1.54. The highest BCUT2D eigenvalue weighted by Crippen LogP contribution is 2.19. The number of esters is 1. The van der Waals surface area contributed by atoms with Gasteiger partial charge in [0.2, 0.25) is 0 Å². The average Bonchev–Trinajstić information content (AvgIpc) is 2.60. The highest BCUT2D eigenvalue weighted by atomic mass is 16.5. The molecule has 1 amide bonds. The summed E-state index contributed by atoms with van der Waals surface area (Å²) < 4.78 is 5.00. The molecule has 4 heteroatoms. The quantitative estimate of drug-likeness (QED) is 0.592. The number of hydrogen-bond acceptors (Lipinski definition) is 3. The van der Waals surface area contributed by atoms with Crippen molar-refractivity contribution in [3.63, 3.8) is 0 Å². The zero-order valence-electron chi connectivity index (χ0n) is 13.6. The van der Waals surface area contributed by atoms with Gasteiger partial charge in [0.05, 0.1) is 0 Å².